The van der Waals surface area contributed by atoms with Crippen LogP contribution < -0.4 is 14.8 Å². The van der Waals surface area contributed by atoms with Gasteiger partial charge in [0.1, 0.15) is 17.5 Å². The largest absolute Gasteiger partial charge is 0.497 e. The molecule has 2 rings (SSSR count). The average molecular weight is 475 g/mol. The minimum Gasteiger partial charge on any atom is -0.497 e. The highest BCUT2D eigenvalue weighted by atomic mass is 35.5. The van der Waals surface area contributed by atoms with Gasteiger partial charge in [0, 0.05) is 17.6 Å². The van der Waals surface area contributed by atoms with Gasteiger partial charge in [-0.25, -0.2) is 0 Å². The number of carbonyl (C=O) groups excluding carboxylic acids is 2. The van der Waals surface area contributed by atoms with E-state index in [9.17, 15) is 9.59 Å². The van der Waals surface area contributed by atoms with Crippen molar-refractivity contribution in [1.29, 1.82) is 0 Å². The van der Waals surface area contributed by atoms with E-state index < -0.39 is 6.04 Å². The summed E-state index contributed by atoms with van der Waals surface area (Å²) in [5, 5.41) is 3.69. The van der Waals surface area contributed by atoms with Crippen LogP contribution in [0.5, 0.6) is 11.5 Å². The molecule has 0 aliphatic carbocycles. The van der Waals surface area contributed by atoms with Crippen molar-refractivity contribution in [2.75, 3.05) is 13.7 Å². The standard InChI is InChI=1S/C26H35ClN2O4/c1-7-19(5)28-26(31)23(8-2)29(15-20-10-9-11-21(14-20)32-6)24(30)16-33-22-12-17(3)25(27)18(4)13-22/h9-14,19,23H,7-8,15-16H2,1-6H3,(H,28,31)/t19-,23+/m1/s1. The Hall–Kier alpha value is -2.73. The first-order chi connectivity index (χ1) is 15.7. The van der Waals surface area contributed by atoms with Crippen LogP contribution in [0.3, 0.4) is 0 Å². The Bertz CT molecular complexity index is 940. The molecule has 7 heteroatoms. The highest BCUT2D eigenvalue weighted by molar-refractivity contribution is 6.32. The minimum atomic E-state index is -0.616. The van der Waals surface area contributed by atoms with Gasteiger partial charge in [-0.15, -0.1) is 0 Å². The molecular weight excluding hydrogens is 440 g/mol. The molecule has 0 radical (unpaired) electrons. The van der Waals surface area contributed by atoms with Crippen molar-refractivity contribution in [2.24, 2.45) is 0 Å². The Balaban J connectivity index is 2.27. The smallest absolute Gasteiger partial charge is 0.261 e. The SMILES string of the molecule is CC[C@@H](C)NC(=O)[C@H](CC)N(Cc1cccc(OC)c1)C(=O)COc1cc(C)c(Cl)c(C)c1. The van der Waals surface area contributed by atoms with Crippen LogP contribution in [-0.2, 0) is 16.1 Å². The fraction of sp³-hybridized carbons (Fsp3) is 0.462. The molecule has 0 bridgehead atoms. The lowest BCUT2D eigenvalue weighted by Crippen LogP contribution is -2.51. The van der Waals surface area contributed by atoms with Crippen molar-refractivity contribution in [3.05, 3.63) is 58.1 Å². The molecule has 2 aromatic carbocycles. The molecule has 0 saturated heterocycles. The van der Waals surface area contributed by atoms with Gasteiger partial charge in [-0.2, -0.15) is 0 Å². The summed E-state index contributed by atoms with van der Waals surface area (Å²) in [6.45, 7) is 9.74. The van der Waals surface area contributed by atoms with E-state index >= 15 is 0 Å². The number of rotatable bonds is 11. The zero-order chi connectivity index (χ0) is 24.5. The zero-order valence-corrected chi connectivity index (χ0v) is 21.2. The summed E-state index contributed by atoms with van der Waals surface area (Å²) >= 11 is 6.24. The summed E-state index contributed by atoms with van der Waals surface area (Å²) in [7, 11) is 1.60. The average Bonchev–Trinajstić information content (AvgIpc) is 2.80. The predicted molar refractivity (Wildman–Crippen MR) is 132 cm³/mol. The highest BCUT2D eigenvalue weighted by Crippen LogP contribution is 2.26. The van der Waals surface area contributed by atoms with Crippen LogP contribution in [0.4, 0.5) is 0 Å². The number of aryl methyl sites for hydroxylation is 2. The fourth-order valence-corrected chi connectivity index (χ4v) is 3.65. The molecule has 6 nitrogen and oxygen atoms in total. The number of ether oxygens (including phenoxy) is 2. The third-order valence-electron chi connectivity index (χ3n) is 5.65. The first-order valence-electron chi connectivity index (χ1n) is 11.3. The Labute approximate surface area is 202 Å². The lowest BCUT2D eigenvalue weighted by molar-refractivity contribution is -0.143. The number of halogens is 1. The van der Waals surface area contributed by atoms with E-state index in [1.807, 2.05) is 71.0 Å². The molecular formula is C26H35ClN2O4. The number of methoxy groups -OCH3 is 1. The number of nitrogens with zero attached hydrogens (tertiary/aromatic N) is 1. The van der Waals surface area contributed by atoms with Crippen LogP contribution in [0.1, 0.15) is 50.3 Å². The normalized spacial score (nSPS) is 12.6. The number of carbonyl (C=O) groups is 2. The Kier molecular flexibility index (Phi) is 10.0. The zero-order valence-electron chi connectivity index (χ0n) is 20.4. The van der Waals surface area contributed by atoms with Gasteiger partial charge >= 0.3 is 0 Å². The number of nitrogens with one attached hydrogen (secondary N) is 1. The summed E-state index contributed by atoms with van der Waals surface area (Å²) in [6.07, 6.45) is 1.29. The van der Waals surface area contributed by atoms with Crippen molar-refractivity contribution in [3.8, 4) is 11.5 Å². The number of hydrogen-bond acceptors (Lipinski definition) is 4. The van der Waals surface area contributed by atoms with Crippen molar-refractivity contribution < 1.29 is 19.1 Å². The van der Waals surface area contributed by atoms with Gasteiger partial charge in [-0.1, -0.05) is 37.6 Å². The van der Waals surface area contributed by atoms with Gasteiger partial charge < -0.3 is 19.7 Å². The molecule has 0 aliphatic rings. The second kappa shape index (κ2) is 12.5. The first-order valence-corrected chi connectivity index (χ1v) is 11.7. The number of amides is 2. The van der Waals surface area contributed by atoms with Crippen molar-refractivity contribution in [2.45, 2.75) is 66.1 Å². The Morgan fingerprint density at radius 2 is 1.73 bits per heavy atom. The van der Waals surface area contributed by atoms with Gasteiger partial charge in [0.2, 0.25) is 5.91 Å². The number of benzene rings is 2. The highest BCUT2D eigenvalue weighted by Gasteiger charge is 2.29. The monoisotopic (exact) mass is 474 g/mol. The van der Waals surface area contributed by atoms with Gasteiger partial charge in [0.15, 0.2) is 6.61 Å². The molecule has 0 aliphatic heterocycles. The Morgan fingerprint density at radius 1 is 1.06 bits per heavy atom. The summed E-state index contributed by atoms with van der Waals surface area (Å²) < 4.78 is 11.1. The van der Waals surface area contributed by atoms with E-state index in [-0.39, 0.29) is 31.0 Å². The maximum atomic E-state index is 13.3. The van der Waals surface area contributed by atoms with E-state index in [0.717, 1.165) is 23.1 Å². The van der Waals surface area contributed by atoms with Crippen LogP contribution in [0.2, 0.25) is 5.02 Å². The van der Waals surface area contributed by atoms with E-state index in [1.165, 1.54) is 0 Å². The van der Waals surface area contributed by atoms with Crippen LogP contribution in [-0.4, -0.2) is 42.5 Å². The maximum Gasteiger partial charge on any atom is 0.261 e. The summed E-state index contributed by atoms with van der Waals surface area (Å²) in [4.78, 5) is 27.9. The van der Waals surface area contributed by atoms with Crippen LogP contribution in [0.15, 0.2) is 36.4 Å². The third kappa shape index (κ3) is 7.39. The molecule has 2 atom stereocenters. The second-order valence-corrected chi connectivity index (χ2v) is 8.65. The maximum absolute atomic E-state index is 13.3. The molecule has 0 saturated carbocycles. The third-order valence-corrected chi connectivity index (χ3v) is 6.24. The van der Waals surface area contributed by atoms with Crippen molar-refractivity contribution in [3.63, 3.8) is 0 Å². The molecule has 0 fully saturated rings. The van der Waals surface area contributed by atoms with Gasteiger partial charge in [-0.3, -0.25) is 9.59 Å². The molecule has 0 spiro atoms. The predicted octanol–water partition coefficient (Wildman–Crippen LogP) is 5.07. The molecule has 2 amide bonds. The molecule has 2 aromatic rings. The summed E-state index contributed by atoms with van der Waals surface area (Å²) in [6, 6.07) is 10.5. The first kappa shape index (κ1) is 26.5. The number of hydrogen-bond donors (Lipinski definition) is 1. The van der Waals surface area contributed by atoms with Crippen molar-refractivity contribution in [1.82, 2.24) is 10.2 Å². The topological polar surface area (TPSA) is 67.9 Å². The molecule has 180 valence electrons. The van der Waals surface area contributed by atoms with Crippen LogP contribution >= 0.6 is 11.6 Å². The molecule has 33 heavy (non-hydrogen) atoms. The minimum absolute atomic E-state index is 0.0246. The van der Waals surface area contributed by atoms with E-state index in [2.05, 4.69) is 5.32 Å². The van der Waals surface area contributed by atoms with E-state index in [1.54, 1.807) is 12.0 Å². The van der Waals surface area contributed by atoms with Crippen LogP contribution in [0.25, 0.3) is 0 Å². The Morgan fingerprint density at radius 3 is 2.30 bits per heavy atom. The van der Waals surface area contributed by atoms with E-state index in [0.29, 0.717) is 22.9 Å². The summed E-state index contributed by atoms with van der Waals surface area (Å²) in [5.41, 5.74) is 2.63. The second-order valence-electron chi connectivity index (χ2n) is 8.27. The van der Waals surface area contributed by atoms with Gasteiger partial charge in [0.25, 0.3) is 5.91 Å². The van der Waals surface area contributed by atoms with Crippen LogP contribution in [0, 0.1) is 13.8 Å². The lowest BCUT2D eigenvalue weighted by atomic mass is 10.1. The molecule has 0 unspecified atom stereocenters. The molecule has 1 N–H and O–H groups in total. The summed E-state index contributed by atoms with van der Waals surface area (Å²) in [5.74, 6) is 0.831. The fourth-order valence-electron chi connectivity index (χ4n) is 3.55. The van der Waals surface area contributed by atoms with Gasteiger partial charge in [0.05, 0.1) is 7.11 Å². The quantitative estimate of drug-likeness (QED) is 0.494. The molecule has 0 heterocycles. The van der Waals surface area contributed by atoms with Gasteiger partial charge in [-0.05, 0) is 74.6 Å². The lowest BCUT2D eigenvalue weighted by Gasteiger charge is -2.31. The molecule has 0 aromatic heterocycles. The van der Waals surface area contributed by atoms with E-state index in [4.69, 9.17) is 21.1 Å². The van der Waals surface area contributed by atoms with Crippen molar-refractivity contribution >= 4 is 23.4 Å².